The molecule has 1 unspecified atom stereocenters. The summed E-state index contributed by atoms with van der Waals surface area (Å²) in [5.41, 5.74) is 1.89. The molecule has 1 N–H and O–H groups in total. The van der Waals surface area contributed by atoms with E-state index in [9.17, 15) is 5.11 Å². The van der Waals surface area contributed by atoms with Gasteiger partial charge in [0.2, 0.25) is 0 Å². The Kier molecular flexibility index (Phi) is 3.96. The molecule has 0 saturated carbocycles. The average molecular weight is 222 g/mol. The predicted octanol–water partition coefficient (Wildman–Crippen LogP) is 3.16. The van der Waals surface area contributed by atoms with E-state index in [0.717, 1.165) is 11.1 Å². The van der Waals surface area contributed by atoms with Crippen LogP contribution in [-0.4, -0.2) is 5.11 Å². The summed E-state index contributed by atoms with van der Waals surface area (Å²) < 4.78 is 0. The van der Waals surface area contributed by atoms with E-state index in [4.69, 9.17) is 0 Å². The van der Waals surface area contributed by atoms with Crippen molar-refractivity contribution in [3.8, 4) is 11.8 Å². The molecule has 17 heavy (non-hydrogen) atoms. The van der Waals surface area contributed by atoms with E-state index in [1.165, 1.54) is 0 Å². The van der Waals surface area contributed by atoms with Gasteiger partial charge in [0, 0.05) is 12.0 Å². The van der Waals surface area contributed by atoms with E-state index in [1.807, 2.05) is 60.7 Å². The summed E-state index contributed by atoms with van der Waals surface area (Å²) in [4.78, 5) is 0. The lowest BCUT2D eigenvalue weighted by molar-refractivity contribution is 0.184. The van der Waals surface area contributed by atoms with Crippen molar-refractivity contribution in [3.05, 3.63) is 71.8 Å². The van der Waals surface area contributed by atoms with Crippen LogP contribution in [0.15, 0.2) is 60.7 Å². The fraction of sp³-hybridized carbons (Fsp3) is 0.125. The number of aliphatic hydroxyl groups excluding tert-OH is 1. The molecular formula is C16H14O. The maximum atomic E-state index is 9.90. The average Bonchev–Trinajstić information content (AvgIpc) is 2.41. The molecule has 0 heterocycles. The molecule has 1 atom stereocenters. The summed E-state index contributed by atoms with van der Waals surface area (Å²) in [6, 6.07) is 19.4. The predicted molar refractivity (Wildman–Crippen MR) is 69.3 cm³/mol. The number of benzene rings is 2. The van der Waals surface area contributed by atoms with Crippen molar-refractivity contribution in [3.63, 3.8) is 0 Å². The van der Waals surface area contributed by atoms with Crippen LogP contribution in [0.4, 0.5) is 0 Å². The Labute approximate surface area is 102 Å². The maximum absolute atomic E-state index is 9.90. The van der Waals surface area contributed by atoms with Gasteiger partial charge >= 0.3 is 0 Å². The molecule has 0 spiro atoms. The first-order valence-corrected chi connectivity index (χ1v) is 5.63. The minimum absolute atomic E-state index is 0.457. The molecule has 0 aliphatic heterocycles. The summed E-state index contributed by atoms with van der Waals surface area (Å²) in [5.74, 6) is 6.04. The topological polar surface area (TPSA) is 20.2 Å². The first-order valence-electron chi connectivity index (χ1n) is 5.63. The van der Waals surface area contributed by atoms with E-state index in [0.29, 0.717) is 6.42 Å². The van der Waals surface area contributed by atoms with Crippen molar-refractivity contribution in [2.75, 3.05) is 0 Å². The molecule has 2 aromatic carbocycles. The number of aliphatic hydroxyl groups is 1. The van der Waals surface area contributed by atoms with Gasteiger partial charge in [-0.1, -0.05) is 60.4 Å². The van der Waals surface area contributed by atoms with E-state index in [1.54, 1.807) is 0 Å². The monoisotopic (exact) mass is 222 g/mol. The largest absolute Gasteiger partial charge is 0.387 e. The van der Waals surface area contributed by atoms with Crippen molar-refractivity contribution < 1.29 is 5.11 Å². The van der Waals surface area contributed by atoms with Gasteiger partial charge in [0.15, 0.2) is 0 Å². The van der Waals surface area contributed by atoms with Gasteiger partial charge in [0.05, 0.1) is 6.10 Å². The Morgan fingerprint density at radius 2 is 1.47 bits per heavy atom. The zero-order valence-electron chi connectivity index (χ0n) is 9.51. The smallest absolute Gasteiger partial charge is 0.0899 e. The number of hydrogen-bond acceptors (Lipinski definition) is 1. The van der Waals surface area contributed by atoms with Gasteiger partial charge in [0.25, 0.3) is 0 Å². The highest BCUT2D eigenvalue weighted by Gasteiger charge is 2.03. The van der Waals surface area contributed by atoms with Crippen molar-refractivity contribution in [1.82, 2.24) is 0 Å². The van der Waals surface area contributed by atoms with E-state index < -0.39 is 6.10 Å². The molecule has 0 aromatic heterocycles. The molecule has 1 heteroatoms. The van der Waals surface area contributed by atoms with Crippen LogP contribution in [0.25, 0.3) is 0 Å². The minimum Gasteiger partial charge on any atom is -0.387 e. The van der Waals surface area contributed by atoms with E-state index in [2.05, 4.69) is 11.8 Å². The van der Waals surface area contributed by atoms with Gasteiger partial charge in [-0.3, -0.25) is 0 Å². The Morgan fingerprint density at radius 1 is 0.882 bits per heavy atom. The molecule has 0 saturated heterocycles. The van der Waals surface area contributed by atoms with Crippen LogP contribution in [0.1, 0.15) is 23.7 Å². The fourth-order valence-corrected chi connectivity index (χ4v) is 1.56. The quantitative estimate of drug-likeness (QED) is 0.774. The lowest BCUT2D eigenvalue weighted by Gasteiger charge is -2.05. The molecule has 0 aliphatic carbocycles. The normalized spacial score (nSPS) is 11.4. The zero-order chi connectivity index (χ0) is 11.9. The van der Waals surface area contributed by atoms with Crippen molar-refractivity contribution in [1.29, 1.82) is 0 Å². The third kappa shape index (κ3) is 3.48. The van der Waals surface area contributed by atoms with Gasteiger partial charge < -0.3 is 5.11 Å². The Morgan fingerprint density at radius 3 is 2.12 bits per heavy atom. The molecule has 0 aliphatic rings. The van der Waals surface area contributed by atoms with Crippen LogP contribution < -0.4 is 0 Å². The van der Waals surface area contributed by atoms with Crippen LogP contribution in [0.2, 0.25) is 0 Å². The summed E-state index contributed by atoms with van der Waals surface area (Å²) in [7, 11) is 0. The lowest BCUT2D eigenvalue weighted by Crippen LogP contribution is -1.94. The van der Waals surface area contributed by atoms with Gasteiger partial charge in [-0.05, 0) is 17.7 Å². The van der Waals surface area contributed by atoms with Gasteiger partial charge in [-0.25, -0.2) is 0 Å². The summed E-state index contributed by atoms with van der Waals surface area (Å²) in [6.45, 7) is 0. The standard InChI is InChI=1S/C16H14O/c17-16(15-11-5-2-6-12-15)13-7-10-14-8-3-1-4-9-14/h1-6,8-9,11-12,16-17H,13H2. The van der Waals surface area contributed by atoms with E-state index in [-0.39, 0.29) is 0 Å². The molecule has 0 bridgehead atoms. The molecule has 1 nitrogen and oxygen atoms in total. The van der Waals surface area contributed by atoms with Crippen LogP contribution in [0.3, 0.4) is 0 Å². The highest BCUT2D eigenvalue weighted by atomic mass is 16.3. The van der Waals surface area contributed by atoms with E-state index >= 15 is 0 Å². The Bertz CT molecular complexity index is 505. The minimum atomic E-state index is -0.507. The van der Waals surface area contributed by atoms with Crippen molar-refractivity contribution >= 4 is 0 Å². The van der Waals surface area contributed by atoms with Gasteiger partial charge in [-0.15, -0.1) is 0 Å². The number of rotatable bonds is 2. The summed E-state index contributed by atoms with van der Waals surface area (Å²) >= 11 is 0. The van der Waals surface area contributed by atoms with Crippen molar-refractivity contribution in [2.45, 2.75) is 12.5 Å². The highest BCUT2D eigenvalue weighted by Crippen LogP contribution is 2.14. The molecular weight excluding hydrogens is 208 g/mol. The molecule has 84 valence electrons. The molecule has 0 radical (unpaired) electrons. The third-order valence-electron chi connectivity index (χ3n) is 2.49. The molecule has 0 fully saturated rings. The first kappa shape index (κ1) is 11.4. The molecule has 2 rings (SSSR count). The van der Waals surface area contributed by atoms with Gasteiger partial charge in [0.1, 0.15) is 0 Å². The van der Waals surface area contributed by atoms with Gasteiger partial charge in [-0.2, -0.15) is 0 Å². The maximum Gasteiger partial charge on any atom is 0.0899 e. The summed E-state index contributed by atoms with van der Waals surface area (Å²) in [6.07, 6.45) is -0.0498. The zero-order valence-corrected chi connectivity index (χ0v) is 9.51. The van der Waals surface area contributed by atoms with Crippen LogP contribution in [0, 0.1) is 11.8 Å². The van der Waals surface area contributed by atoms with Crippen LogP contribution in [-0.2, 0) is 0 Å². The SMILES string of the molecule is OC(CC#Cc1ccccc1)c1ccccc1. The fourth-order valence-electron chi connectivity index (χ4n) is 1.56. The second kappa shape index (κ2) is 5.89. The van der Waals surface area contributed by atoms with Crippen molar-refractivity contribution in [2.24, 2.45) is 0 Å². The van der Waals surface area contributed by atoms with Crippen LogP contribution >= 0.6 is 0 Å². The second-order valence-corrected chi connectivity index (χ2v) is 3.80. The third-order valence-corrected chi connectivity index (χ3v) is 2.49. The first-order chi connectivity index (χ1) is 8.36. The molecule has 2 aromatic rings. The lowest BCUT2D eigenvalue weighted by atomic mass is 10.1. The Balaban J connectivity index is 1.98. The second-order valence-electron chi connectivity index (χ2n) is 3.80. The molecule has 0 amide bonds. The van der Waals surface area contributed by atoms with Crippen LogP contribution in [0.5, 0.6) is 0 Å². The Hall–Kier alpha value is -2.04. The number of hydrogen-bond donors (Lipinski definition) is 1. The summed E-state index contributed by atoms with van der Waals surface area (Å²) in [5, 5.41) is 9.90. The highest BCUT2D eigenvalue weighted by molar-refractivity contribution is 5.34.